The van der Waals surface area contributed by atoms with E-state index in [4.69, 9.17) is 4.42 Å². The summed E-state index contributed by atoms with van der Waals surface area (Å²) in [6.07, 6.45) is 2.15. The summed E-state index contributed by atoms with van der Waals surface area (Å²) in [7, 11) is 0. The number of rotatable bonds is 4. The summed E-state index contributed by atoms with van der Waals surface area (Å²) < 4.78 is 7.64. The van der Waals surface area contributed by atoms with Crippen molar-refractivity contribution in [3.63, 3.8) is 0 Å². The fraction of sp³-hybridized carbons (Fsp3) is 0.391. The fourth-order valence-corrected chi connectivity index (χ4v) is 4.06. The Morgan fingerprint density at radius 3 is 2.59 bits per heavy atom. The number of furan rings is 1. The second-order valence-corrected chi connectivity index (χ2v) is 7.82. The van der Waals surface area contributed by atoms with Gasteiger partial charge in [-0.3, -0.25) is 9.59 Å². The van der Waals surface area contributed by atoms with Gasteiger partial charge in [0.1, 0.15) is 5.69 Å². The van der Waals surface area contributed by atoms with Gasteiger partial charge < -0.3 is 18.8 Å². The van der Waals surface area contributed by atoms with Crippen LogP contribution in [0.1, 0.15) is 41.9 Å². The Kier molecular flexibility index (Phi) is 5.18. The Hall–Kier alpha value is -3.02. The molecule has 0 N–H and O–H groups in total. The summed E-state index contributed by atoms with van der Waals surface area (Å²) >= 11 is 0. The summed E-state index contributed by atoms with van der Waals surface area (Å²) in [4.78, 5) is 29.2. The number of carbonyl (C=O) groups is 2. The number of hydrogen-bond acceptors (Lipinski definition) is 3. The number of aromatic nitrogens is 1. The molecule has 1 aromatic carbocycles. The first-order chi connectivity index (χ1) is 14.0. The van der Waals surface area contributed by atoms with Crippen molar-refractivity contribution in [2.24, 2.45) is 0 Å². The van der Waals surface area contributed by atoms with Crippen LogP contribution in [0.25, 0.3) is 11.1 Å². The molecule has 6 heteroatoms. The molecule has 1 aliphatic heterocycles. The van der Waals surface area contributed by atoms with Gasteiger partial charge in [0.05, 0.1) is 12.8 Å². The molecule has 1 saturated heterocycles. The molecule has 0 aliphatic carbocycles. The van der Waals surface area contributed by atoms with E-state index in [0.29, 0.717) is 44.0 Å². The maximum atomic E-state index is 13.4. The highest BCUT2D eigenvalue weighted by atomic mass is 16.3. The van der Waals surface area contributed by atoms with Crippen molar-refractivity contribution in [1.82, 2.24) is 14.4 Å². The third kappa shape index (κ3) is 3.67. The molecule has 2 amide bonds. The lowest BCUT2D eigenvalue weighted by Gasteiger charge is -2.39. The predicted molar refractivity (Wildman–Crippen MR) is 112 cm³/mol. The van der Waals surface area contributed by atoms with Crippen LogP contribution in [-0.4, -0.2) is 51.9 Å². The predicted octanol–water partition coefficient (Wildman–Crippen LogP) is 3.67. The van der Waals surface area contributed by atoms with Gasteiger partial charge in [0, 0.05) is 37.5 Å². The van der Waals surface area contributed by atoms with Crippen LogP contribution in [-0.2, 0) is 11.3 Å². The molecule has 3 aromatic rings. The van der Waals surface area contributed by atoms with E-state index in [2.05, 4.69) is 31.2 Å². The largest absolute Gasteiger partial charge is 0.448 e. The second-order valence-electron chi connectivity index (χ2n) is 7.82. The number of amides is 2. The van der Waals surface area contributed by atoms with Gasteiger partial charge in [-0.05, 0) is 31.5 Å². The Bertz CT molecular complexity index is 1030. The SMILES string of the molecule is CCC(=O)N1CCN(C(=O)c2cc3ccoc3n2Cc2ccc(C)cc2)C[C@@H]1C. The maximum Gasteiger partial charge on any atom is 0.270 e. The van der Waals surface area contributed by atoms with Gasteiger partial charge in [-0.25, -0.2) is 0 Å². The highest BCUT2D eigenvalue weighted by Gasteiger charge is 2.31. The van der Waals surface area contributed by atoms with E-state index in [0.717, 1.165) is 10.9 Å². The van der Waals surface area contributed by atoms with Crippen LogP contribution in [0, 0.1) is 6.92 Å². The molecular weight excluding hydrogens is 366 g/mol. The minimum Gasteiger partial charge on any atom is -0.448 e. The molecule has 0 bridgehead atoms. The van der Waals surface area contributed by atoms with Gasteiger partial charge in [0.15, 0.2) is 0 Å². The zero-order chi connectivity index (χ0) is 20.5. The maximum absolute atomic E-state index is 13.4. The van der Waals surface area contributed by atoms with Gasteiger partial charge in [-0.15, -0.1) is 0 Å². The van der Waals surface area contributed by atoms with Crippen molar-refractivity contribution >= 4 is 22.9 Å². The third-order valence-electron chi connectivity index (χ3n) is 5.72. The average molecular weight is 393 g/mol. The zero-order valence-electron chi connectivity index (χ0n) is 17.2. The number of hydrogen-bond donors (Lipinski definition) is 0. The second kappa shape index (κ2) is 7.78. The van der Waals surface area contributed by atoms with Crippen molar-refractivity contribution in [3.05, 3.63) is 59.5 Å². The summed E-state index contributed by atoms with van der Waals surface area (Å²) in [6.45, 7) is 8.18. The Balaban J connectivity index is 1.60. The lowest BCUT2D eigenvalue weighted by Crippen LogP contribution is -2.55. The molecule has 4 rings (SSSR count). The van der Waals surface area contributed by atoms with Crippen molar-refractivity contribution in [1.29, 1.82) is 0 Å². The third-order valence-corrected chi connectivity index (χ3v) is 5.72. The molecule has 1 aliphatic rings. The molecule has 1 fully saturated rings. The van der Waals surface area contributed by atoms with Crippen LogP contribution in [0.3, 0.4) is 0 Å². The van der Waals surface area contributed by atoms with Gasteiger partial charge >= 0.3 is 0 Å². The van der Waals surface area contributed by atoms with E-state index >= 15 is 0 Å². The summed E-state index contributed by atoms with van der Waals surface area (Å²) in [5.74, 6) is 0.129. The molecule has 152 valence electrons. The van der Waals surface area contributed by atoms with Crippen LogP contribution >= 0.6 is 0 Å². The van der Waals surface area contributed by atoms with E-state index < -0.39 is 0 Å². The number of piperazine rings is 1. The number of fused-ring (bicyclic) bond motifs is 1. The van der Waals surface area contributed by atoms with Crippen molar-refractivity contribution < 1.29 is 14.0 Å². The first kappa shape index (κ1) is 19.3. The average Bonchev–Trinajstić information content (AvgIpc) is 3.31. The van der Waals surface area contributed by atoms with E-state index in [1.807, 2.05) is 40.3 Å². The molecule has 6 nitrogen and oxygen atoms in total. The molecule has 29 heavy (non-hydrogen) atoms. The van der Waals surface area contributed by atoms with Crippen LogP contribution in [0.15, 0.2) is 47.1 Å². The first-order valence-corrected chi connectivity index (χ1v) is 10.2. The van der Waals surface area contributed by atoms with E-state index in [1.165, 1.54) is 5.56 Å². The van der Waals surface area contributed by atoms with E-state index in [-0.39, 0.29) is 17.9 Å². The molecule has 0 saturated carbocycles. The number of benzene rings is 1. The molecule has 0 radical (unpaired) electrons. The summed E-state index contributed by atoms with van der Waals surface area (Å²) in [5, 5.41) is 0.924. The normalized spacial score (nSPS) is 17.1. The lowest BCUT2D eigenvalue weighted by atomic mass is 10.1. The molecule has 1 atom stereocenters. The van der Waals surface area contributed by atoms with E-state index in [9.17, 15) is 9.59 Å². The standard InChI is InChI=1S/C23H27N3O3/c1-4-21(27)25-11-10-24(14-17(25)3)22(28)20-13-19-9-12-29-23(19)26(20)15-18-7-5-16(2)6-8-18/h5-9,12-13,17H,4,10-11,14-15H2,1-3H3/t17-/m0/s1. The van der Waals surface area contributed by atoms with Gasteiger partial charge in [-0.1, -0.05) is 36.8 Å². The number of nitrogens with zero attached hydrogens (tertiary/aromatic N) is 3. The van der Waals surface area contributed by atoms with Gasteiger partial charge in [0.25, 0.3) is 5.91 Å². The molecule has 2 aromatic heterocycles. The topological polar surface area (TPSA) is 58.7 Å². The Labute approximate surface area is 170 Å². The molecule has 3 heterocycles. The highest BCUT2D eigenvalue weighted by molar-refractivity contribution is 5.98. The van der Waals surface area contributed by atoms with Gasteiger partial charge in [0.2, 0.25) is 11.6 Å². The van der Waals surface area contributed by atoms with Crippen LogP contribution in [0.4, 0.5) is 0 Å². The minimum atomic E-state index is -0.0149. The number of carbonyl (C=O) groups excluding carboxylic acids is 2. The zero-order valence-corrected chi connectivity index (χ0v) is 17.2. The fourth-order valence-electron chi connectivity index (χ4n) is 4.06. The van der Waals surface area contributed by atoms with Gasteiger partial charge in [-0.2, -0.15) is 0 Å². The summed E-state index contributed by atoms with van der Waals surface area (Å²) in [6, 6.07) is 12.1. The van der Waals surface area contributed by atoms with E-state index in [1.54, 1.807) is 6.26 Å². The van der Waals surface area contributed by atoms with Crippen LogP contribution in [0.2, 0.25) is 0 Å². The Morgan fingerprint density at radius 2 is 1.90 bits per heavy atom. The lowest BCUT2D eigenvalue weighted by molar-refractivity contribution is -0.134. The highest BCUT2D eigenvalue weighted by Crippen LogP contribution is 2.25. The molecular formula is C23H27N3O3. The summed E-state index contributed by atoms with van der Waals surface area (Å²) in [5.41, 5.74) is 3.66. The first-order valence-electron chi connectivity index (χ1n) is 10.2. The minimum absolute atomic E-state index is 0.0149. The molecule has 0 spiro atoms. The number of aryl methyl sites for hydroxylation is 1. The monoisotopic (exact) mass is 393 g/mol. The van der Waals surface area contributed by atoms with Crippen molar-refractivity contribution in [2.45, 2.75) is 39.8 Å². The molecule has 0 unspecified atom stereocenters. The van der Waals surface area contributed by atoms with Crippen LogP contribution < -0.4 is 0 Å². The van der Waals surface area contributed by atoms with Crippen molar-refractivity contribution in [2.75, 3.05) is 19.6 Å². The smallest absolute Gasteiger partial charge is 0.270 e. The Morgan fingerprint density at radius 1 is 1.14 bits per heavy atom. The van der Waals surface area contributed by atoms with Crippen LogP contribution in [0.5, 0.6) is 0 Å². The quantitative estimate of drug-likeness (QED) is 0.679. The van der Waals surface area contributed by atoms with Crippen molar-refractivity contribution in [3.8, 4) is 0 Å².